The molecule has 1 atom stereocenters. The average molecular weight is 198 g/mol. The summed E-state index contributed by atoms with van der Waals surface area (Å²) in [4.78, 5) is 12.7. The number of nitrogens with zero attached hydrogens (tertiary/aromatic N) is 3. The largest absolute Gasteiger partial charge is 0.467 e. The second kappa shape index (κ2) is 4.08. The quantitative estimate of drug-likeness (QED) is 0.703. The van der Waals surface area contributed by atoms with Crippen LogP contribution in [0.15, 0.2) is 6.20 Å². The van der Waals surface area contributed by atoms with Gasteiger partial charge in [0.15, 0.2) is 11.9 Å². The van der Waals surface area contributed by atoms with Crippen molar-refractivity contribution >= 4 is 11.8 Å². The van der Waals surface area contributed by atoms with Crippen LogP contribution in [0.5, 0.6) is 0 Å². The molecule has 1 aromatic heterocycles. The lowest BCUT2D eigenvalue weighted by Crippen LogP contribution is -2.27. The minimum atomic E-state index is -0.516. The molecule has 0 aliphatic carbocycles. The van der Waals surface area contributed by atoms with Crippen LogP contribution in [0, 0.1) is 5.92 Å². The van der Waals surface area contributed by atoms with E-state index < -0.39 is 6.04 Å². The molecule has 6 nitrogen and oxygen atoms in total. The van der Waals surface area contributed by atoms with Gasteiger partial charge < -0.3 is 10.5 Å². The molecule has 0 amide bonds. The topological polar surface area (TPSA) is 83.0 Å². The van der Waals surface area contributed by atoms with E-state index in [1.54, 1.807) is 0 Å². The monoisotopic (exact) mass is 198 g/mol. The molecule has 6 heteroatoms. The van der Waals surface area contributed by atoms with Crippen LogP contribution in [0.1, 0.15) is 19.9 Å². The number of esters is 1. The van der Waals surface area contributed by atoms with Crippen LogP contribution in [0.2, 0.25) is 0 Å². The summed E-state index contributed by atoms with van der Waals surface area (Å²) in [6.07, 6.45) is 1.40. The summed E-state index contributed by atoms with van der Waals surface area (Å²) in [7, 11) is 1.34. The molecular weight excluding hydrogens is 184 g/mol. The summed E-state index contributed by atoms with van der Waals surface area (Å²) in [5, 5.41) is 7.77. The molecule has 0 bridgehead atoms. The Morgan fingerprint density at radius 2 is 2.29 bits per heavy atom. The van der Waals surface area contributed by atoms with Crippen LogP contribution in [0.4, 0.5) is 5.82 Å². The lowest BCUT2D eigenvalue weighted by atomic mass is 10.1. The molecule has 78 valence electrons. The van der Waals surface area contributed by atoms with Crippen LogP contribution in [0.25, 0.3) is 0 Å². The van der Waals surface area contributed by atoms with Crippen molar-refractivity contribution in [2.75, 3.05) is 12.8 Å². The van der Waals surface area contributed by atoms with Crippen molar-refractivity contribution in [3.05, 3.63) is 6.20 Å². The first-order chi connectivity index (χ1) is 6.56. The predicted octanol–water partition coefficient (Wildman–Crippen LogP) is 0.230. The minimum Gasteiger partial charge on any atom is -0.467 e. The zero-order chi connectivity index (χ0) is 10.7. The van der Waals surface area contributed by atoms with Crippen molar-refractivity contribution in [3.63, 3.8) is 0 Å². The van der Waals surface area contributed by atoms with Gasteiger partial charge in [0, 0.05) is 0 Å². The highest BCUT2D eigenvalue weighted by atomic mass is 16.5. The third-order valence-electron chi connectivity index (χ3n) is 1.85. The molecule has 0 aliphatic rings. The van der Waals surface area contributed by atoms with Gasteiger partial charge in [-0.15, -0.1) is 5.10 Å². The first-order valence-corrected chi connectivity index (χ1v) is 4.31. The van der Waals surface area contributed by atoms with Gasteiger partial charge in [0.05, 0.1) is 13.3 Å². The summed E-state index contributed by atoms with van der Waals surface area (Å²) in [5.74, 6) is -0.0237. The Bertz CT molecular complexity index is 321. The van der Waals surface area contributed by atoms with Crippen molar-refractivity contribution in [1.29, 1.82) is 0 Å². The van der Waals surface area contributed by atoms with Crippen molar-refractivity contribution < 1.29 is 9.53 Å². The van der Waals surface area contributed by atoms with Gasteiger partial charge in [0.2, 0.25) is 0 Å². The first-order valence-electron chi connectivity index (χ1n) is 4.31. The third-order valence-corrected chi connectivity index (χ3v) is 1.85. The van der Waals surface area contributed by atoms with E-state index >= 15 is 0 Å². The molecule has 0 saturated heterocycles. The van der Waals surface area contributed by atoms with Crippen molar-refractivity contribution in [1.82, 2.24) is 15.0 Å². The number of hydrogen-bond acceptors (Lipinski definition) is 5. The fourth-order valence-electron chi connectivity index (χ4n) is 1.18. The predicted molar refractivity (Wildman–Crippen MR) is 50.3 cm³/mol. The SMILES string of the molecule is COC(=O)C(C(C)C)n1ncc(N)n1. The molecule has 14 heavy (non-hydrogen) atoms. The van der Waals surface area contributed by atoms with Gasteiger partial charge in [-0.05, 0) is 5.92 Å². The number of hydrogen-bond donors (Lipinski definition) is 1. The molecular formula is C8H14N4O2. The Morgan fingerprint density at radius 3 is 2.64 bits per heavy atom. The van der Waals surface area contributed by atoms with Crippen molar-refractivity contribution in [2.45, 2.75) is 19.9 Å². The number of aromatic nitrogens is 3. The molecule has 1 rings (SSSR count). The molecule has 2 N–H and O–H groups in total. The number of nitrogen functional groups attached to an aromatic ring is 1. The summed E-state index contributed by atoms with van der Waals surface area (Å²) in [6, 6.07) is -0.516. The summed E-state index contributed by atoms with van der Waals surface area (Å²) in [5.41, 5.74) is 5.41. The average Bonchev–Trinajstić information content (AvgIpc) is 2.51. The Hall–Kier alpha value is -1.59. The number of anilines is 1. The third kappa shape index (κ3) is 2.01. The number of nitrogens with two attached hydrogens (primary N) is 1. The fraction of sp³-hybridized carbons (Fsp3) is 0.625. The number of carbonyl (C=O) groups excluding carboxylic acids is 1. The molecule has 1 aromatic rings. The van der Waals surface area contributed by atoms with Gasteiger partial charge in [-0.2, -0.15) is 9.90 Å². The number of ether oxygens (including phenoxy) is 1. The van der Waals surface area contributed by atoms with Crippen LogP contribution < -0.4 is 5.73 Å². The Balaban J connectivity index is 2.94. The maximum atomic E-state index is 11.4. The van der Waals surface area contributed by atoms with Crippen molar-refractivity contribution in [2.24, 2.45) is 5.92 Å². The van der Waals surface area contributed by atoms with E-state index in [4.69, 9.17) is 5.73 Å². The summed E-state index contributed by atoms with van der Waals surface area (Å²) < 4.78 is 4.66. The van der Waals surface area contributed by atoms with Gasteiger partial charge in [0.25, 0.3) is 0 Å². The maximum Gasteiger partial charge on any atom is 0.332 e. The molecule has 0 spiro atoms. The fourth-order valence-corrected chi connectivity index (χ4v) is 1.18. The molecule has 0 saturated carbocycles. The minimum absolute atomic E-state index is 0.0502. The molecule has 0 fully saturated rings. The standard InChI is InChI=1S/C8H14N4O2/c1-5(2)7(8(13)14-3)12-10-4-6(9)11-12/h4-5,7H,1-3H3,(H2,9,11). The highest BCUT2D eigenvalue weighted by molar-refractivity contribution is 5.74. The van der Waals surface area contributed by atoms with Gasteiger partial charge in [-0.1, -0.05) is 13.8 Å². The van der Waals surface area contributed by atoms with E-state index in [1.807, 2.05) is 13.8 Å². The molecule has 1 heterocycles. The molecule has 0 aromatic carbocycles. The van der Waals surface area contributed by atoms with E-state index in [1.165, 1.54) is 18.1 Å². The highest BCUT2D eigenvalue weighted by Crippen LogP contribution is 2.17. The van der Waals surface area contributed by atoms with E-state index in [0.29, 0.717) is 5.82 Å². The Kier molecular flexibility index (Phi) is 3.06. The number of carbonyl (C=O) groups is 1. The van der Waals surface area contributed by atoms with E-state index in [0.717, 1.165) is 0 Å². The zero-order valence-corrected chi connectivity index (χ0v) is 8.47. The summed E-state index contributed by atoms with van der Waals surface area (Å²) in [6.45, 7) is 3.78. The second-order valence-corrected chi connectivity index (χ2v) is 3.30. The van der Waals surface area contributed by atoms with E-state index in [2.05, 4.69) is 14.9 Å². The number of methoxy groups -OCH3 is 1. The maximum absolute atomic E-state index is 11.4. The molecule has 0 aliphatic heterocycles. The van der Waals surface area contributed by atoms with Crippen LogP contribution in [-0.4, -0.2) is 28.1 Å². The zero-order valence-electron chi connectivity index (χ0n) is 8.47. The lowest BCUT2D eigenvalue weighted by molar-refractivity contribution is -0.146. The van der Waals surface area contributed by atoms with Gasteiger partial charge in [-0.3, -0.25) is 0 Å². The van der Waals surface area contributed by atoms with E-state index in [9.17, 15) is 4.79 Å². The van der Waals surface area contributed by atoms with Crippen LogP contribution in [-0.2, 0) is 9.53 Å². The highest BCUT2D eigenvalue weighted by Gasteiger charge is 2.26. The second-order valence-electron chi connectivity index (χ2n) is 3.30. The van der Waals surface area contributed by atoms with Crippen LogP contribution in [0.3, 0.4) is 0 Å². The Labute approximate surface area is 82.0 Å². The smallest absolute Gasteiger partial charge is 0.332 e. The number of rotatable bonds is 3. The normalized spacial score (nSPS) is 12.9. The molecule has 0 radical (unpaired) electrons. The van der Waals surface area contributed by atoms with Gasteiger partial charge >= 0.3 is 5.97 Å². The van der Waals surface area contributed by atoms with Crippen LogP contribution >= 0.6 is 0 Å². The summed E-state index contributed by atoms with van der Waals surface area (Å²) >= 11 is 0. The van der Waals surface area contributed by atoms with Gasteiger partial charge in [0.1, 0.15) is 0 Å². The Morgan fingerprint density at radius 1 is 1.64 bits per heavy atom. The van der Waals surface area contributed by atoms with Gasteiger partial charge in [-0.25, -0.2) is 4.79 Å². The molecule has 1 unspecified atom stereocenters. The lowest BCUT2D eigenvalue weighted by Gasteiger charge is -2.16. The van der Waals surface area contributed by atoms with E-state index in [-0.39, 0.29) is 11.9 Å². The van der Waals surface area contributed by atoms with Crippen molar-refractivity contribution in [3.8, 4) is 0 Å². The first kappa shape index (κ1) is 10.5.